The van der Waals surface area contributed by atoms with Crippen LogP contribution in [0.4, 0.5) is 5.69 Å². The summed E-state index contributed by atoms with van der Waals surface area (Å²) in [5.74, 6) is 0. The van der Waals surface area contributed by atoms with E-state index in [0.717, 1.165) is 0 Å². The fraction of sp³-hybridized carbons (Fsp3) is 0. The molecule has 5 nitrogen and oxygen atoms in total. The monoisotopic (exact) mass is 327 g/mol. The van der Waals surface area contributed by atoms with Crippen LogP contribution in [0.2, 0.25) is 5.02 Å². The van der Waals surface area contributed by atoms with Crippen LogP contribution < -0.4 is 10.5 Å². The average Bonchev–Trinajstić information content (AvgIpc) is 2.38. The summed E-state index contributed by atoms with van der Waals surface area (Å²) >= 11 is 10.8. The Morgan fingerprint density at radius 1 is 1.25 bits per heavy atom. The van der Waals surface area contributed by atoms with E-state index in [1.807, 2.05) is 0 Å². The zero-order valence-corrected chi connectivity index (χ0v) is 12.5. The number of aromatic nitrogens is 1. The Morgan fingerprint density at radius 2 is 1.90 bits per heavy atom. The number of benzene rings is 1. The van der Waals surface area contributed by atoms with Crippen molar-refractivity contribution < 1.29 is 8.42 Å². The van der Waals surface area contributed by atoms with Gasteiger partial charge in [0.05, 0.1) is 15.6 Å². The number of thiocarbonyl (C=S) groups is 1. The molecule has 20 heavy (non-hydrogen) atoms. The van der Waals surface area contributed by atoms with Gasteiger partial charge in [-0.2, -0.15) is 0 Å². The molecule has 0 bridgehead atoms. The molecular weight excluding hydrogens is 318 g/mol. The third-order valence-corrected chi connectivity index (χ3v) is 4.36. The van der Waals surface area contributed by atoms with E-state index in [2.05, 4.69) is 9.71 Å². The van der Waals surface area contributed by atoms with Crippen molar-refractivity contribution in [1.29, 1.82) is 0 Å². The van der Waals surface area contributed by atoms with Gasteiger partial charge in [-0.3, -0.25) is 9.71 Å². The molecule has 0 atom stereocenters. The normalized spacial score (nSPS) is 11.1. The topological polar surface area (TPSA) is 85.1 Å². The molecule has 104 valence electrons. The summed E-state index contributed by atoms with van der Waals surface area (Å²) < 4.78 is 26.8. The molecule has 2 aromatic rings. The number of rotatable bonds is 4. The van der Waals surface area contributed by atoms with E-state index in [4.69, 9.17) is 29.6 Å². The highest BCUT2D eigenvalue weighted by atomic mass is 35.5. The average molecular weight is 328 g/mol. The number of hydrogen-bond donors (Lipinski definition) is 2. The highest BCUT2D eigenvalue weighted by molar-refractivity contribution is 7.92. The van der Waals surface area contributed by atoms with Gasteiger partial charge in [-0.05, 0) is 30.3 Å². The van der Waals surface area contributed by atoms with Gasteiger partial charge in [0.25, 0.3) is 10.0 Å². The van der Waals surface area contributed by atoms with Gasteiger partial charge in [-0.1, -0.05) is 23.8 Å². The van der Waals surface area contributed by atoms with Crippen LogP contribution >= 0.6 is 23.8 Å². The Kier molecular flexibility index (Phi) is 4.22. The molecule has 0 radical (unpaired) electrons. The van der Waals surface area contributed by atoms with Crippen molar-refractivity contribution >= 4 is 44.5 Å². The molecule has 3 N–H and O–H groups in total. The van der Waals surface area contributed by atoms with Gasteiger partial charge in [0.2, 0.25) is 0 Å². The lowest BCUT2D eigenvalue weighted by atomic mass is 10.2. The molecule has 0 spiro atoms. The van der Waals surface area contributed by atoms with Gasteiger partial charge in [0.1, 0.15) is 4.99 Å². The van der Waals surface area contributed by atoms with Crippen LogP contribution in [0.15, 0.2) is 47.6 Å². The lowest BCUT2D eigenvalue weighted by molar-refractivity contribution is 0.601. The van der Waals surface area contributed by atoms with E-state index in [1.165, 1.54) is 30.6 Å². The number of halogens is 1. The molecule has 0 unspecified atom stereocenters. The number of nitrogens with two attached hydrogens (primary N) is 1. The molecule has 0 aliphatic carbocycles. The first-order chi connectivity index (χ1) is 9.40. The molecule has 0 aliphatic rings. The summed E-state index contributed by atoms with van der Waals surface area (Å²) in [7, 11) is -3.72. The molecule has 2 rings (SSSR count). The number of anilines is 1. The minimum Gasteiger partial charge on any atom is -0.389 e. The number of pyridine rings is 1. The molecule has 0 amide bonds. The fourth-order valence-corrected chi connectivity index (χ4v) is 3.16. The number of nitrogens with one attached hydrogen (secondary N) is 1. The van der Waals surface area contributed by atoms with Gasteiger partial charge in [-0.25, -0.2) is 8.42 Å². The highest BCUT2D eigenvalue weighted by Crippen LogP contribution is 2.22. The summed E-state index contributed by atoms with van der Waals surface area (Å²) in [6.45, 7) is 0. The maximum absolute atomic E-state index is 12.2. The quantitative estimate of drug-likeness (QED) is 0.841. The van der Waals surface area contributed by atoms with Crippen LogP contribution in [0.5, 0.6) is 0 Å². The molecule has 1 heterocycles. The molecule has 0 fully saturated rings. The van der Waals surface area contributed by atoms with E-state index in [-0.39, 0.29) is 14.9 Å². The smallest absolute Gasteiger partial charge is 0.261 e. The van der Waals surface area contributed by atoms with E-state index < -0.39 is 10.0 Å². The second-order valence-electron chi connectivity index (χ2n) is 3.85. The zero-order chi connectivity index (χ0) is 14.8. The van der Waals surface area contributed by atoms with Crippen LogP contribution in [0.25, 0.3) is 0 Å². The van der Waals surface area contributed by atoms with Crippen LogP contribution in [0.1, 0.15) is 5.56 Å². The minimum atomic E-state index is -3.72. The van der Waals surface area contributed by atoms with Gasteiger partial charge in [0.15, 0.2) is 0 Å². The molecular formula is C12H10ClN3O2S2. The van der Waals surface area contributed by atoms with Gasteiger partial charge >= 0.3 is 0 Å². The Morgan fingerprint density at radius 3 is 2.45 bits per heavy atom. The van der Waals surface area contributed by atoms with Crippen molar-refractivity contribution in [2.75, 3.05) is 4.72 Å². The van der Waals surface area contributed by atoms with E-state index in [0.29, 0.717) is 11.3 Å². The summed E-state index contributed by atoms with van der Waals surface area (Å²) in [6.07, 6.45) is 2.97. The standard InChI is InChI=1S/C12H10ClN3O2S2/c13-11-7-9(1-2-10(11)12(14)19)20(17,18)16-8-3-5-15-6-4-8/h1-7H,(H2,14,19)(H,15,16). The van der Waals surface area contributed by atoms with Gasteiger partial charge < -0.3 is 5.73 Å². The zero-order valence-electron chi connectivity index (χ0n) is 10.1. The van der Waals surface area contributed by atoms with Crippen molar-refractivity contribution in [3.63, 3.8) is 0 Å². The number of sulfonamides is 1. The largest absolute Gasteiger partial charge is 0.389 e. The first kappa shape index (κ1) is 14.7. The third-order valence-electron chi connectivity index (χ3n) is 2.45. The maximum Gasteiger partial charge on any atom is 0.261 e. The molecule has 0 saturated heterocycles. The SMILES string of the molecule is NC(=S)c1ccc(S(=O)(=O)Nc2ccncc2)cc1Cl. The van der Waals surface area contributed by atoms with E-state index in [9.17, 15) is 8.42 Å². The predicted octanol–water partition coefficient (Wildman–Crippen LogP) is 2.17. The van der Waals surface area contributed by atoms with Crippen molar-refractivity contribution in [2.24, 2.45) is 5.73 Å². The number of hydrogen-bond acceptors (Lipinski definition) is 4. The highest BCUT2D eigenvalue weighted by Gasteiger charge is 2.16. The van der Waals surface area contributed by atoms with Crippen molar-refractivity contribution in [3.05, 3.63) is 53.3 Å². The molecule has 0 aliphatic heterocycles. The first-order valence-corrected chi connectivity index (χ1v) is 7.69. The predicted molar refractivity (Wildman–Crippen MR) is 82.4 cm³/mol. The Balaban J connectivity index is 2.35. The molecule has 1 aromatic carbocycles. The Hall–Kier alpha value is -1.70. The summed E-state index contributed by atoms with van der Waals surface area (Å²) in [4.78, 5) is 3.95. The summed E-state index contributed by atoms with van der Waals surface area (Å²) in [6, 6.07) is 7.26. The number of nitrogens with zero attached hydrogens (tertiary/aromatic N) is 1. The Bertz CT molecular complexity index is 749. The van der Waals surface area contributed by atoms with Crippen molar-refractivity contribution in [3.8, 4) is 0 Å². The Labute approximate surface area is 126 Å². The molecule has 1 aromatic heterocycles. The molecule has 8 heteroatoms. The van der Waals surface area contributed by atoms with Crippen LogP contribution in [0.3, 0.4) is 0 Å². The lowest BCUT2D eigenvalue weighted by Gasteiger charge is -2.09. The minimum absolute atomic E-state index is 0.0271. The summed E-state index contributed by atoms with van der Waals surface area (Å²) in [5.41, 5.74) is 6.32. The van der Waals surface area contributed by atoms with Crippen molar-refractivity contribution in [2.45, 2.75) is 4.90 Å². The van der Waals surface area contributed by atoms with Crippen LogP contribution in [-0.4, -0.2) is 18.4 Å². The maximum atomic E-state index is 12.2. The van der Waals surface area contributed by atoms with Crippen molar-refractivity contribution in [1.82, 2.24) is 4.98 Å². The van der Waals surface area contributed by atoms with Crippen LogP contribution in [-0.2, 0) is 10.0 Å². The van der Waals surface area contributed by atoms with E-state index >= 15 is 0 Å². The lowest BCUT2D eigenvalue weighted by Crippen LogP contribution is -2.14. The van der Waals surface area contributed by atoms with Crippen LogP contribution in [0, 0.1) is 0 Å². The first-order valence-electron chi connectivity index (χ1n) is 5.42. The second kappa shape index (κ2) is 5.74. The second-order valence-corrected chi connectivity index (χ2v) is 6.38. The van der Waals surface area contributed by atoms with Gasteiger partial charge in [0, 0.05) is 18.0 Å². The third kappa shape index (κ3) is 3.24. The summed E-state index contributed by atoms with van der Waals surface area (Å²) in [5, 5.41) is 0.190. The van der Waals surface area contributed by atoms with Gasteiger partial charge in [-0.15, -0.1) is 0 Å². The fourth-order valence-electron chi connectivity index (χ4n) is 1.50. The van der Waals surface area contributed by atoms with E-state index in [1.54, 1.807) is 12.1 Å². The molecule has 0 saturated carbocycles.